The molecule has 2 aromatic rings. The first-order valence-electron chi connectivity index (χ1n) is 8.18. The molecule has 0 aliphatic carbocycles. The van der Waals surface area contributed by atoms with Crippen LogP contribution in [0.15, 0.2) is 17.1 Å². The summed E-state index contributed by atoms with van der Waals surface area (Å²) in [5, 5.41) is 0. The van der Waals surface area contributed by atoms with Gasteiger partial charge in [-0.2, -0.15) is 9.37 Å². The molecule has 4 heterocycles. The lowest BCUT2D eigenvalue weighted by Gasteiger charge is -2.22. The average Bonchev–Trinajstić information content (AvgIpc) is 3.18. The van der Waals surface area contributed by atoms with E-state index in [1.54, 1.807) is 19.4 Å². The van der Waals surface area contributed by atoms with Crippen LogP contribution in [-0.4, -0.2) is 53.2 Å². The molecule has 25 heavy (non-hydrogen) atoms. The highest BCUT2D eigenvalue weighted by atomic mass is 19.1. The molecule has 132 valence electrons. The fourth-order valence-corrected chi connectivity index (χ4v) is 3.63. The van der Waals surface area contributed by atoms with E-state index in [-0.39, 0.29) is 5.69 Å². The van der Waals surface area contributed by atoms with Gasteiger partial charge in [0.05, 0.1) is 12.8 Å². The average molecular weight is 346 g/mol. The van der Waals surface area contributed by atoms with Gasteiger partial charge in [0.25, 0.3) is 5.56 Å². The second-order valence-corrected chi connectivity index (χ2v) is 6.52. The van der Waals surface area contributed by atoms with E-state index in [1.165, 1.54) is 6.92 Å². The Bertz CT molecular complexity index is 843. The SMILES string of the molecule is COc1ccnc(N2CC3CN(c4nc(C)c(F)c(=O)[nH]4)CC3C2)n1. The number of nitrogens with one attached hydrogen (secondary N) is 1. The topological polar surface area (TPSA) is 87.2 Å². The largest absolute Gasteiger partial charge is 0.481 e. The predicted octanol–water partition coefficient (Wildman–Crippen LogP) is 0.589. The number of aromatic amines is 1. The zero-order chi connectivity index (χ0) is 17.6. The fourth-order valence-electron chi connectivity index (χ4n) is 3.63. The first kappa shape index (κ1) is 15.8. The van der Waals surface area contributed by atoms with Gasteiger partial charge in [0.2, 0.25) is 23.6 Å². The van der Waals surface area contributed by atoms with Crippen LogP contribution in [0.2, 0.25) is 0 Å². The zero-order valence-corrected chi connectivity index (χ0v) is 14.1. The van der Waals surface area contributed by atoms with Gasteiger partial charge in [0.1, 0.15) is 0 Å². The van der Waals surface area contributed by atoms with Crippen molar-refractivity contribution in [3.63, 3.8) is 0 Å². The molecule has 0 radical (unpaired) electrons. The molecule has 0 saturated carbocycles. The van der Waals surface area contributed by atoms with E-state index in [2.05, 4.69) is 24.8 Å². The lowest BCUT2D eigenvalue weighted by atomic mass is 10.0. The molecule has 0 bridgehead atoms. The van der Waals surface area contributed by atoms with Crippen molar-refractivity contribution < 1.29 is 9.13 Å². The van der Waals surface area contributed by atoms with E-state index in [9.17, 15) is 9.18 Å². The number of rotatable bonds is 3. The van der Waals surface area contributed by atoms with Gasteiger partial charge in [-0.25, -0.2) is 9.97 Å². The van der Waals surface area contributed by atoms with E-state index in [0.717, 1.165) is 26.2 Å². The highest BCUT2D eigenvalue weighted by Gasteiger charge is 2.41. The van der Waals surface area contributed by atoms with E-state index in [1.807, 2.05) is 4.90 Å². The molecule has 2 saturated heterocycles. The Morgan fingerprint density at radius 1 is 1.20 bits per heavy atom. The zero-order valence-electron chi connectivity index (χ0n) is 14.1. The molecule has 0 aromatic carbocycles. The summed E-state index contributed by atoms with van der Waals surface area (Å²) >= 11 is 0. The third-order valence-electron chi connectivity index (χ3n) is 4.91. The molecular weight excluding hydrogens is 327 g/mol. The monoisotopic (exact) mass is 346 g/mol. The maximum Gasteiger partial charge on any atom is 0.288 e. The number of methoxy groups -OCH3 is 1. The Hall–Kier alpha value is -2.71. The van der Waals surface area contributed by atoms with Crippen molar-refractivity contribution in [1.29, 1.82) is 0 Å². The number of hydrogen-bond donors (Lipinski definition) is 1. The van der Waals surface area contributed by atoms with Crippen LogP contribution in [0.25, 0.3) is 0 Å². The van der Waals surface area contributed by atoms with E-state index in [0.29, 0.717) is 29.6 Å². The van der Waals surface area contributed by atoms with Crippen LogP contribution >= 0.6 is 0 Å². The first-order valence-corrected chi connectivity index (χ1v) is 8.18. The number of ether oxygens (including phenoxy) is 1. The van der Waals surface area contributed by atoms with Gasteiger partial charge >= 0.3 is 0 Å². The lowest BCUT2D eigenvalue weighted by molar-refractivity contribution is 0.397. The molecule has 0 spiro atoms. The van der Waals surface area contributed by atoms with Gasteiger partial charge in [-0.05, 0) is 6.92 Å². The Balaban J connectivity index is 1.48. The minimum absolute atomic E-state index is 0.127. The fraction of sp³-hybridized carbons (Fsp3) is 0.500. The number of hydrogen-bond acceptors (Lipinski definition) is 7. The van der Waals surface area contributed by atoms with Gasteiger partial charge < -0.3 is 14.5 Å². The molecule has 2 unspecified atom stereocenters. The van der Waals surface area contributed by atoms with Gasteiger partial charge in [-0.15, -0.1) is 0 Å². The molecule has 1 N–H and O–H groups in total. The second-order valence-electron chi connectivity index (χ2n) is 6.52. The Kier molecular flexibility index (Phi) is 3.78. The summed E-state index contributed by atoms with van der Waals surface area (Å²) in [7, 11) is 1.58. The van der Waals surface area contributed by atoms with Crippen LogP contribution in [-0.2, 0) is 0 Å². The Labute approximate surface area is 143 Å². The highest BCUT2D eigenvalue weighted by Crippen LogP contribution is 2.34. The minimum Gasteiger partial charge on any atom is -0.481 e. The van der Waals surface area contributed by atoms with Crippen molar-refractivity contribution >= 4 is 11.9 Å². The molecule has 2 atom stereocenters. The second kappa shape index (κ2) is 5.98. The molecular formula is C16H19FN6O2. The number of anilines is 2. The first-order chi connectivity index (χ1) is 12.0. The number of fused-ring (bicyclic) bond motifs is 1. The van der Waals surface area contributed by atoms with E-state index in [4.69, 9.17) is 4.74 Å². The molecule has 8 nitrogen and oxygen atoms in total. The quantitative estimate of drug-likeness (QED) is 0.870. The molecule has 2 aromatic heterocycles. The Morgan fingerprint density at radius 2 is 1.88 bits per heavy atom. The summed E-state index contributed by atoms with van der Waals surface area (Å²) in [6.45, 7) is 4.70. The van der Waals surface area contributed by atoms with Crippen molar-refractivity contribution in [1.82, 2.24) is 19.9 Å². The summed E-state index contributed by atoms with van der Waals surface area (Å²) in [5.74, 6) is 1.69. The maximum absolute atomic E-state index is 13.5. The van der Waals surface area contributed by atoms with Crippen molar-refractivity contribution in [2.24, 2.45) is 11.8 Å². The number of halogens is 1. The molecule has 0 amide bonds. The molecule has 2 aliphatic heterocycles. The van der Waals surface area contributed by atoms with Gasteiger partial charge in [-0.1, -0.05) is 0 Å². The summed E-state index contributed by atoms with van der Waals surface area (Å²) in [4.78, 5) is 31.2. The lowest BCUT2D eigenvalue weighted by Crippen LogP contribution is -2.32. The van der Waals surface area contributed by atoms with Crippen LogP contribution in [0.3, 0.4) is 0 Å². The minimum atomic E-state index is -0.815. The summed E-state index contributed by atoms with van der Waals surface area (Å²) in [5.41, 5.74) is -0.590. The van der Waals surface area contributed by atoms with Crippen molar-refractivity contribution in [3.8, 4) is 5.88 Å². The number of aryl methyl sites for hydroxylation is 1. The number of H-pyrrole nitrogens is 1. The van der Waals surface area contributed by atoms with Crippen LogP contribution < -0.4 is 20.1 Å². The van der Waals surface area contributed by atoms with Crippen LogP contribution in [0.1, 0.15) is 5.69 Å². The third-order valence-corrected chi connectivity index (χ3v) is 4.91. The number of nitrogens with zero attached hydrogens (tertiary/aromatic N) is 5. The molecule has 9 heteroatoms. The summed E-state index contributed by atoms with van der Waals surface area (Å²) in [6.07, 6.45) is 1.69. The van der Waals surface area contributed by atoms with Crippen LogP contribution in [0.4, 0.5) is 16.3 Å². The molecule has 2 aliphatic rings. The normalized spacial score (nSPS) is 22.4. The molecule has 2 fully saturated rings. The summed E-state index contributed by atoms with van der Waals surface area (Å²) < 4.78 is 18.6. The third kappa shape index (κ3) is 2.79. The van der Waals surface area contributed by atoms with Crippen LogP contribution in [0, 0.1) is 24.6 Å². The van der Waals surface area contributed by atoms with Crippen molar-refractivity contribution in [2.75, 3.05) is 43.1 Å². The van der Waals surface area contributed by atoms with E-state index >= 15 is 0 Å². The highest BCUT2D eigenvalue weighted by molar-refractivity contribution is 5.39. The van der Waals surface area contributed by atoms with E-state index < -0.39 is 11.4 Å². The Morgan fingerprint density at radius 3 is 2.52 bits per heavy atom. The van der Waals surface area contributed by atoms with Gasteiger partial charge in [0.15, 0.2) is 0 Å². The molecule has 4 rings (SSSR count). The van der Waals surface area contributed by atoms with Crippen molar-refractivity contribution in [3.05, 3.63) is 34.1 Å². The predicted molar refractivity (Wildman–Crippen MR) is 89.5 cm³/mol. The van der Waals surface area contributed by atoms with Crippen LogP contribution in [0.5, 0.6) is 5.88 Å². The summed E-state index contributed by atoms with van der Waals surface area (Å²) in [6, 6.07) is 1.72. The standard InChI is InChI=1S/C16H19FN6O2/c1-9-13(17)14(24)21-16(19-9)23-7-10-5-22(6-11(10)8-23)15-18-4-3-12(20-15)25-2/h3-4,10-11H,5-8H2,1-2H3,(H,19,21,24). The van der Waals surface area contributed by atoms with Gasteiger partial charge in [-0.3, -0.25) is 9.78 Å². The van der Waals surface area contributed by atoms with Crippen molar-refractivity contribution in [2.45, 2.75) is 6.92 Å². The number of aromatic nitrogens is 4. The maximum atomic E-state index is 13.5. The smallest absolute Gasteiger partial charge is 0.288 e. The van der Waals surface area contributed by atoms with Gasteiger partial charge in [0, 0.05) is 50.3 Å².